The average molecular weight is 254 g/mol. The lowest BCUT2D eigenvalue weighted by Gasteiger charge is -2.17. The molecule has 0 saturated heterocycles. The van der Waals surface area contributed by atoms with Crippen molar-refractivity contribution in [3.63, 3.8) is 0 Å². The van der Waals surface area contributed by atoms with Gasteiger partial charge < -0.3 is 10.1 Å². The van der Waals surface area contributed by atoms with E-state index in [0.29, 0.717) is 6.04 Å². The molecule has 1 unspecified atom stereocenters. The molecule has 0 saturated carbocycles. The summed E-state index contributed by atoms with van der Waals surface area (Å²) in [5.41, 5.74) is 0. The van der Waals surface area contributed by atoms with Gasteiger partial charge in [-0.25, -0.2) is 4.98 Å². The van der Waals surface area contributed by atoms with E-state index in [1.165, 1.54) is 0 Å². The van der Waals surface area contributed by atoms with Crippen LogP contribution in [-0.4, -0.2) is 40.6 Å². The van der Waals surface area contributed by atoms with Crippen LogP contribution in [0.1, 0.15) is 38.9 Å². The summed E-state index contributed by atoms with van der Waals surface area (Å²) >= 11 is 0. The first-order valence-corrected chi connectivity index (χ1v) is 6.91. The van der Waals surface area contributed by atoms with Gasteiger partial charge in [0, 0.05) is 32.7 Å². The molecule has 5 nitrogen and oxygen atoms in total. The molecule has 1 atom stereocenters. The van der Waals surface area contributed by atoms with Gasteiger partial charge in [-0.15, -0.1) is 0 Å². The number of rotatable bonds is 10. The molecular formula is C13H26N4O. The minimum Gasteiger partial charge on any atom is -0.382 e. The van der Waals surface area contributed by atoms with E-state index in [-0.39, 0.29) is 0 Å². The highest BCUT2D eigenvalue weighted by Crippen LogP contribution is 2.05. The van der Waals surface area contributed by atoms with Crippen LogP contribution in [0.2, 0.25) is 0 Å². The Balaban J connectivity index is 2.37. The summed E-state index contributed by atoms with van der Waals surface area (Å²) in [5.74, 6) is 1.04. The van der Waals surface area contributed by atoms with E-state index < -0.39 is 0 Å². The predicted molar refractivity (Wildman–Crippen MR) is 72.5 cm³/mol. The van der Waals surface area contributed by atoms with Crippen molar-refractivity contribution >= 4 is 0 Å². The molecule has 1 aromatic rings. The van der Waals surface area contributed by atoms with Crippen molar-refractivity contribution in [2.75, 3.05) is 19.8 Å². The van der Waals surface area contributed by atoms with Gasteiger partial charge in [0.15, 0.2) is 0 Å². The average Bonchev–Trinajstić information content (AvgIpc) is 2.77. The largest absolute Gasteiger partial charge is 0.382 e. The first-order valence-electron chi connectivity index (χ1n) is 6.91. The van der Waals surface area contributed by atoms with Crippen LogP contribution < -0.4 is 5.32 Å². The molecule has 0 aliphatic rings. The molecule has 5 heteroatoms. The third-order valence-corrected chi connectivity index (χ3v) is 2.96. The lowest BCUT2D eigenvalue weighted by molar-refractivity contribution is 0.140. The zero-order valence-electron chi connectivity index (χ0n) is 11.9. The van der Waals surface area contributed by atoms with E-state index in [1.807, 2.05) is 18.7 Å². The van der Waals surface area contributed by atoms with Gasteiger partial charge in [0.2, 0.25) is 0 Å². The molecule has 1 rings (SSSR count). The first kappa shape index (κ1) is 15.1. The molecule has 0 bridgehead atoms. The van der Waals surface area contributed by atoms with Crippen molar-refractivity contribution in [1.29, 1.82) is 0 Å². The number of hydrogen-bond acceptors (Lipinski definition) is 4. The van der Waals surface area contributed by atoms with Gasteiger partial charge in [-0.1, -0.05) is 6.92 Å². The van der Waals surface area contributed by atoms with Crippen molar-refractivity contribution < 1.29 is 4.74 Å². The highest BCUT2D eigenvalue weighted by atomic mass is 16.5. The molecule has 0 aliphatic heterocycles. The quantitative estimate of drug-likeness (QED) is 0.644. The maximum absolute atomic E-state index is 5.39. The summed E-state index contributed by atoms with van der Waals surface area (Å²) in [5, 5.41) is 7.69. The molecule has 0 amide bonds. The predicted octanol–water partition coefficient (Wildman–Crippen LogP) is 1.54. The zero-order valence-corrected chi connectivity index (χ0v) is 11.9. The fraction of sp³-hybridized carbons (Fsp3) is 0.846. The molecule has 104 valence electrons. The van der Waals surface area contributed by atoms with Gasteiger partial charge in [0.25, 0.3) is 0 Å². The Morgan fingerprint density at radius 2 is 2.28 bits per heavy atom. The Labute approximate surface area is 110 Å². The van der Waals surface area contributed by atoms with Crippen LogP contribution >= 0.6 is 0 Å². The minimum absolute atomic E-state index is 0.466. The van der Waals surface area contributed by atoms with Crippen molar-refractivity contribution in [3.05, 3.63) is 12.2 Å². The van der Waals surface area contributed by atoms with Crippen LogP contribution in [0.15, 0.2) is 6.33 Å². The molecule has 18 heavy (non-hydrogen) atoms. The third kappa shape index (κ3) is 5.60. The van der Waals surface area contributed by atoms with Crippen LogP contribution in [0.4, 0.5) is 0 Å². The molecule has 0 aromatic carbocycles. The number of hydrogen-bond donors (Lipinski definition) is 1. The van der Waals surface area contributed by atoms with Crippen LogP contribution in [0, 0.1) is 0 Å². The Morgan fingerprint density at radius 3 is 2.89 bits per heavy atom. The van der Waals surface area contributed by atoms with Crippen molar-refractivity contribution in [2.45, 2.75) is 45.6 Å². The van der Waals surface area contributed by atoms with Crippen LogP contribution in [0.25, 0.3) is 0 Å². The van der Waals surface area contributed by atoms with Gasteiger partial charge in [-0.3, -0.25) is 4.68 Å². The number of ether oxygens (including phenoxy) is 1. The van der Waals surface area contributed by atoms with Crippen LogP contribution in [0.5, 0.6) is 0 Å². The van der Waals surface area contributed by atoms with Gasteiger partial charge in [-0.2, -0.15) is 5.10 Å². The maximum Gasteiger partial charge on any atom is 0.138 e. The van der Waals surface area contributed by atoms with E-state index in [0.717, 1.165) is 51.3 Å². The van der Waals surface area contributed by atoms with Crippen molar-refractivity contribution in [3.8, 4) is 0 Å². The Hall–Kier alpha value is -0.940. The second-order valence-electron chi connectivity index (χ2n) is 4.49. The molecule has 0 radical (unpaired) electrons. The Morgan fingerprint density at radius 1 is 1.44 bits per heavy atom. The summed E-state index contributed by atoms with van der Waals surface area (Å²) in [7, 11) is 1.94. The monoisotopic (exact) mass is 254 g/mol. The number of aromatic nitrogens is 3. The zero-order chi connectivity index (χ0) is 13.2. The summed E-state index contributed by atoms with van der Waals surface area (Å²) in [6, 6.07) is 0.466. The first-order chi connectivity index (χ1) is 8.77. The number of nitrogens with one attached hydrogen (secondary N) is 1. The summed E-state index contributed by atoms with van der Waals surface area (Å²) in [6.45, 7) is 6.92. The lowest BCUT2D eigenvalue weighted by Crippen LogP contribution is -2.33. The van der Waals surface area contributed by atoms with E-state index in [2.05, 4.69) is 22.3 Å². The molecule has 0 aliphatic carbocycles. The smallest absolute Gasteiger partial charge is 0.138 e. The van der Waals surface area contributed by atoms with Crippen molar-refractivity contribution in [2.24, 2.45) is 7.05 Å². The minimum atomic E-state index is 0.466. The highest BCUT2D eigenvalue weighted by molar-refractivity contribution is 4.89. The molecule has 1 heterocycles. The van der Waals surface area contributed by atoms with E-state index in [9.17, 15) is 0 Å². The standard InChI is InChI=1S/C13H26N4O/c1-4-8-14-12(7-6-9-18-5-2)10-13-15-11-16-17(13)3/h11-12,14H,4-10H2,1-3H3. The molecule has 1 N–H and O–H groups in total. The van der Waals surface area contributed by atoms with E-state index in [4.69, 9.17) is 4.74 Å². The second kappa shape index (κ2) is 9.05. The van der Waals surface area contributed by atoms with E-state index >= 15 is 0 Å². The second-order valence-corrected chi connectivity index (χ2v) is 4.49. The van der Waals surface area contributed by atoms with Crippen LogP contribution in [0.3, 0.4) is 0 Å². The fourth-order valence-corrected chi connectivity index (χ4v) is 1.93. The fourth-order valence-electron chi connectivity index (χ4n) is 1.93. The maximum atomic E-state index is 5.39. The summed E-state index contributed by atoms with van der Waals surface area (Å²) < 4.78 is 7.24. The van der Waals surface area contributed by atoms with Gasteiger partial charge in [0.05, 0.1) is 0 Å². The van der Waals surface area contributed by atoms with E-state index in [1.54, 1.807) is 6.33 Å². The molecule has 0 fully saturated rings. The lowest BCUT2D eigenvalue weighted by atomic mass is 10.1. The molecule has 1 aromatic heterocycles. The van der Waals surface area contributed by atoms with Gasteiger partial charge >= 0.3 is 0 Å². The Kier molecular flexibility index (Phi) is 7.60. The highest BCUT2D eigenvalue weighted by Gasteiger charge is 2.11. The normalized spacial score (nSPS) is 12.8. The number of aryl methyl sites for hydroxylation is 1. The molecule has 0 spiro atoms. The summed E-state index contributed by atoms with van der Waals surface area (Å²) in [6.07, 6.45) is 5.91. The Bertz CT molecular complexity index is 314. The van der Waals surface area contributed by atoms with Crippen LogP contribution in [-0.2, 0) is 18.2 Å². The summed E-state index contributed by atoms with van der Waals surface area (Å²) in [4.78, 5) is 4.29. The topological polar surface area (TPSA) is 52.0 Å². The van der Waals surface area contributed by atoms with Gasteiger partial charge in [-0.05, 0) is 32.7 Å². The SMILES string of the molecule is CCCNC(CCCOCC)Cc1ncnn1C. The van der Waals surface area contributed by atoms with Gasteiger partial charge in [0.1, 0.15) is 12.2 Å². The number of nitrogens with zero attached hydrogens (tertiary/aromatic N) is 3. The third-order valence-electron chi connectivity index (χ3n) is 2.96. The van der Waals surface area contributed by atoms with Crippen molar-refractivity contribution in [1.82, 2.24) is 20.1 Å². The molecular weight excluding hydrogens is 228 g/mol.